The van der Waals surface area contributed by atoms with Crippen molar-refractivity contribution in [2.24, 2.45) is 5.10 Å². The molecule has 0 radical (unpaired) electrons. The largest absolute Gasteiger partial charge is 0.493 e. The zero-order valence-corrected chi connectivity index (χ0v) is 26.0. The van der Waals surface area contributed by atoms with Gasteiger partial charge in [0.1, 0.15) is 12.4 Å². The van der Waals surface area contributed by atoms with Crippen molar-refractivity contribution in [1.82, 2.24) is 9.66 Å². The summed E-state index contributed by atoms with van der Waals surface area (Å²) in [4.78, 5) is 18.3. The van der Waals surface area contributed by atoms with Crippen LogP contribution in [0.1, 0.15) is 37.7 Å². The Morgan fingerprint density at radius 2 is 1.76 bits per heavy atom. The lowest BCUT2D eigenvalue weighted by Gasteiger charge is -2.21. The third-order valence-corrected chi connectivity index (χ3v) is 7.39. The Hall–Kier alpha value is -2.20. The summed E-state index contributed by atoms with van der Waals surface area (Å²) in [5.74, 6) is 1.43. The van der Waals surface area contributed by atoms with Crippen LogP contribution in [-0.4, -0.2) is 23.0 Å². The van der Waals surface area contributed by atoms with Crippen molar-refractivity contribution in [3.05, 3.63) is 94.3 Å². The van der Waals surface area contributed by atoms with Crippen molar-refractivity contribution in [2.75, 3.05) is 7.11 Å². The minimum atomic E-state index is -0.447. The summed E-state index contributed by atoms with van der Waals surface area (Å²) in [5.41, 5.74) is 1.38. The molecule has 0 bridgehead atoms. The van der Waals surface area contributed by atoms with Crippen molar-refractivity contribution >= 4 is 76.5 Å². The first kappa shape index (κ1) is 27.8. The van der Waals surface area contributed by atoms with Crippen LogP contribution in [0.2, 0.25) is 5.02 Å². The van der Waals surface area contributed by atoms with Gasteiger partial charge in [0.25, 0.3) is 5.56 Å². The van der Waals surface area contributed by atoms with Gasteiger partial charge in [-0.3, -0.25) is 4.79 Å². The summed E-state index contributed by atoms with van der Waals surface area (Å²) < 4.78 is 15.7. The van der Waals surface area contributed by atoms with Crippen molar-refractivity contribution in [1.29, 1.82) is 0 Å². The maximum atomic E-state index is 13.5. The van der Waals surface area contributed by atoms with E-state index in [-0.39, 0.29) is 12.2 Å². The number of fused-ring (bicyclic) bond motifs is 1. The van der Waals surface area contributed by atoms with Gasteiger partial charge in [0.05, 0.1) is 24.2 Å². The van der Waals surface area contributed by atoms with Crippen LogP contribution >= 0.6 is 59.4 Å². The van der Waals surface area contributed by atoms with E-state index in [4.69, 9.17) is 26.1 Å². The van der Waals surface area contributed by atoms with Gasteiger partial charge in [0, 0.05) is 41.0 Å². The number of ether oxygens (including phenoxy) is 2. The molecule has 0 aliphatic carbocycles. The summed E-state index contributed by atoms with van der Waals surface area (Å²) >= 11 is 16.8. The monoisotopic (exact) mass is 709 g/mol. The maximum Gasteiger partial charge on any atom is 0.282 e. The van der Waals surface area contributed by atoms with Gasteiger partial charge in [-0.1, -0.05) is 86.2 Å². The van der Waals surface area contributed by atoms with Crippen LogP contribution < -0.4 is 15.0 Å². The fourth-order valence-electron chi connectivity index (χ4n) is 3.64. The zero-order chi connectivity index (χ0) is 26.9. The summed E-state index contributed by atoms with van der Waals surface area (Å²) in [6, 6.07) is 14.7. The van der Waals surface area contributed by atoms with E-state index in [1.54, 1.807) is 31.5 Å². The van der Waals surface area contributed by atoms with E-state index >= 15 is 0 Å². The van der Waals surface area contributed by atoms with E-state index in [9.17, 15) is 4.79 Å². The molecule has 6 nitrogen and oxygen atoms in total. The standard InChI is InChI=1S/C27H23Br3ClN3O3/c1-27(2,3)26-33-22-8-7-17(28)10-20(22)25(35)34(26)32-13-16-9-19(31)12-23(36-4)24(16)37-14-15-5-6-18(29)11-21(15)30/h5-13H,14H2,1-4H3. The van der Waals surface area contributed by atoms with Gasteiger partial charge in [-0.25, -0.2) is 4.98 Å². The van der Waals surface area contributed by atoms with Gasteiger partial charge in [-0.15, -0.1) is 0 Å². The number of benzene rings is 3. The number of rotatable bonds is 6. The third-order valence-electron chi connectivity index (χ3n) is 5.45. The molecule has 0 saturated heterocycles. The molecule has 0 fully saturated rings. The van der Waals surface area contributed by atoms with E-state index in [0.717, 1.165) is 19.0 Å². The number of methoxy groups -OCH3 is 1. The molecule has 0 amide bonds. The first-order valence-electron chi connectivity index (χ1n) is 11.2. The second kappa shape index (κ2) is 11.3. The number of halogens is 4. The topological polar surface area (TPSA) is 65.7 Å². The smallest absolute Gasteiger partial charge is 0.282 e. The van der Waals surface area contributed by atoms with E-state index < -0.39 is 5.41 Å². The van der Waals surface area contributed by atoms with Crippen LogP contribution in [0.25, 0.3) is 10.9 Å². The van der Waals surface area contributed by atoms with Gasteiger partial charge < -0.3 is 9.47 Å². The molecular formula is C27H23Br3ClN3O3. The Balaban J connectivity index is 1.82. The second-order valence-electron chi connectivity index (χ2n) is 9.26. The quantitative estimate of drug-likeness (QED) is 0.190. The molecule has 0 spiro atoms. The average Bonchev–Trinajstić information content (AvgIpc) is 2.83. The van der Waals surface area contributed by atoms with E-state index in [1.807, 2.05) is 51.1 Å². The van der Waals surface area contributed by atoms with Crippen LogP contribution in [0.5, 0.6) is 11.5 Å². The van der Waals surface area contributed by atoms with Crippen molar-refractivity contribution in [2.45, 2.75) is 32.8 Å². The Labute approximate surface area is 245 Å². The summed E-state index contributed by atoms with van der Waals surface area (Å²) in [5, 5.41) is 5.48. The molecule has 0 N–H and O–H groups in total. The summed E-state index contributed by atoms with van der Waals surface area (Å²) in [6.45, 7) is 6.22. The molecule has 4 rings (SSSR count). The third kappa shape index (κ3) is 6.28. The first-order valence-corrected chi connectivity index (χ1v) is 13.9. The average molecular weight is 713 g/mol. The first-order chi connectivity index (χ1) is 17.5. The second-order valence-corrected chi connectivity index (χ2v) is 12.4. The van der Waals surface area contributed by atoms with E-state index in [2.05, 4.69) is 52.9 Å². The normalized spacial score (nSPS) is 11.9. The fraction of sp³-hybridized carbons (Fsp3) is 0.222. The molecule has 0 aliphatic rings. The molecule has 3 aromatic carbocycles. The molecule has 0 saturated carbocycles. The van der Waals surface area contributed by atoms with Crippen molar-refractivity contribution in [3.63, 3.8) is 0 Å². The summed E-state index contributed by atoms with van der Waals surface area (Å²) in [7, 11) is 1.54. The molecule has 37 heavy (non-hydrogen) atoms. The van der Waals surface area contributed by atoms with Crippen LogP contribution in [0.4, 0.5) is 0 Å². The summed E-state index contributed by atoms with van der Waals surface area (Å²) in [6.07, 6.45) is 1.54. The number of aromatic nitrogens is 2. The minimum Gasteiger partial charge on any atom is -0.493 e. The van der Waals surface area contributed by atoms with Gasteiger partial charge in [0.15, 0.2) is 11.5 Å². The van der Waals surface area contributed by atoms with Crippen molar-refractivity contribution < 1.29 is 9.47 Å². The van der Waals surface area contributed by atoms with Crippen LogP contribution in [0.3, 0.4) is 0 Å². The molecule has 1 heterocycles. The van der Waals surface area contributed by atoms with Gasteiger partial charge in [-0.2, -0.15) is 9.78 Å². The fourth-order valence-corrected chi connectivity index (χ4v) is 5.38. The molecule has 1 aromatic heterocycles. The Morgan fingerprint density at radius 3 is 2.43 bits per heavy atom. The molecule has 0 aliphatic heterocycles. The zero-order valence-electron chi connectivity index (χ0n) is 20.5. The lowest BCUT2D eigenvalue weighted by molar-refractivity contribution is 0.283. The van der Waals surface area contributed by atoms with Gasteiger partial charge in [-0.05, 0) is 36.4 Å². The maximum absolute atomic E-state index is 13.5. The molecule has 192 valence electrons. The molecule has 4 aromatic rings. The SMILES string of the molecule is COc1cc(Cl)cc(C=Nn2c(C(C)(C)C)nc3ccc(Br)cc3c2=O)c1OCc1ccc(Br)cc1Br. The van der Waals surface area contributed by atoms with Crippen LogP contribution in [-0.2, 0) is 12.0 Å². The Morgan fingerprint density at radius 1 is 1.05 bits per heavy atom. The number of hydrogen-bond donors (Lipinski definition) is 0. The highest BCUT2D eigenvalue weighted by molar-refractivity contribution is 9.11. The minimum absolute atomic E-state index is 0.269. The lowest BCUT2D eigenvalue weighted by atomic mass is 9.95. The van der Waals surface area contributed by atoms with E-state index in [1.165, 1.54) is 4.68 Å². The Bertz CT molecular complexity index is 1580. The van der Waals surface area contributed by atoms with Gasteiger partial charge >= 0.3 is 0 Å². The Kier molecular flexibility index (Phi) is 8.48. The molecule has 10 heteroatoms. The van der Waals surface area contributed by atoms with Crippen molar-refractivity contribution in [3.8, 4) is 11.5 Å². The highest BCUT2D eigenvalue weighted by Crippen LogP contribution is 2.35. The number of nitrogens with zero attached hydrogens (tertiary/aromatic N) is 3. The highest BCUT2D eigenvalue weighted by Gasteiger charge is 2.23. The number of hydrogen-bond acceptors (Lipinski definition) is 5. The molecule has 0 atom stereocenters. The predicted octanol–water partition coefficient (Wildman–Crippen LogP) is 8.10. The predicted molar refractivity (Wildman–Crippen MR) is 160 cm³/mol. The van der Waals surface area contributed by atoms with Gasteiger partial charge in [0.2, 0.25) is 0 Å². The van der Waals surface area contributed by atoms with E-state index in [0.29, 0.717) is 38.8 Å². The molecule has 0 unspecified atom stereocenters. The highest BCUT2D eigenvalue weighted by atomic mass is 79.9. The molecular weight excluding hydrogens is 689 g/mol. The lowest BCUT2D eigenvalue weighted by Crippen LogP contribution is -2.29. The van der Waals surface area contributed by atoms with Crippen LogP contribution in [0, 0.1) is 0 Å². The van der Waals surface area contributed by atoms with Crippen LogP contribution in [0.15, 0.2) is 71.8 Å².